The van der Waals surface area contributed by atoms with Gasteiger partial charge in [-0.15, -0.1) is 0 Å². The average Bonchev–Trinajstić information content (AvgIpc) is 4.04. The third-order valence-electron chi connectivity index (χ3n) is 15.7. The van der Waals surface area contributed by atoms with Gasteiger partial charge < -0.3 is 48.6 Å². The van der Waals surface area contributed by atoms with Crippen LogP contribution in [-0.4, -0.2) is 157 Å². The summed E-state index contributed by atoms with van der Waals surface area (Å²) >= 11 is 0. The van der Waals surface area contributed by atoms with Crippen LogP contribution in [0.1, 0.15) is 109 Å². The number of carbonyl (C=O) groups is 7. The zero-order valence-electron chi connectivity index (χ0n) is 47.2. The van der Waals surface area contributed by atoms with Gasteiger partial charge in [0.15, 0.2) is 23.0 Å². The summed E-state index contributed by atoms with van der Waals surface area (Å²) in [5.41, 5.74) is 6.08. The topological polar surface area (TPSA) is 219 Å². The lowest BCUT2D eigenvalue weighted by Gasteiger charge is -2.28. The molecule has 4 aromatic carbocycles. The van der Waals surface area contributed by atoms with E-state index in [-0.39, 0.29) is 79.6 Å². The maximum atomic E-state index is 14.2. The van der Waals surface area contributed by atoms with Gasteiger partial charge in [-0.2, -0.15) is 0 Å². The third-order valence-corrected chi connectivity index (χ3v) is 15.7. The monoisotopic (exact) mass is 1130 g/mol. The molecule has 83 heavy (non-hydrogen) atoms. The molecule has 0 aliphatic carbocycles. The van der Waals surface area contributed by atoms with Crippen LogP contribution < -0.4 is 29.0 Å². The molecule has 0 aromatic heterocycles. The second kappa shape index (κ2) is 25.8. The molecule has 3 atom stereocenters. The zero-order chi connectivity index (χ0) is 58.1. The van der Waals surface area contributed by atoms with E-state index in [4.69, 9.17) is 33.7 Å². The Kier molecular flexibility index (Phi) is 17.8. The minimum atomic E-state index is -0.685. The molecule has 1 fully saturated rings. The highest BCUT2D eigenvalue weighted by atomic mass is 16.5. The SMILES string of the molecule is CCCCN(CC(=O)N1CCC[C@H]1C(=O)Nc1ccc(C2=CN3C(=O)c4cc(OC)c(OCCCOc5cc6c(cc5OC)C(=O)N5C=C(c7ccc(OC)cc7)C[C@H]5C=N6)cc4N=C[C@@H]3C2)cc1)C(=O)CCCCCN1C(=O)C=CC1=O. The van der Waals surface area contributed by atoms with Crippen molar-refractivity contribution < 1.29 is 57.2 Å². The van der Waals surface area contributed by atoms with Crippen LogP contribution >= 0.6 is 0 Å². The smallest absolute Gasteiger partial charge is 0.260 e. The van der Waals surface area contributed by atoms with E-state index >= 15 is 0 Å². The molecular weight excluding hydrogens is 1060 g/mol. The molecule has 7 amide bonds. The predicted molar refractivity (Wildman–Crippen MR) is 312 cm³/mol. The van der Waals surface area contributed by atoms with Crippen molar-refractivity contribution in [3.63, 3.8) is 0 Å². The summed E-state index contributed by atoms with van der Waals surface area (Å²) in [5, 5.41) is 2.99. The summed E-state index contributed by atoms with van der Waals surface area (Å²) in [6.07, 6.45) is 16.2. The highest BCUT2D eigenvalue weighted by molar-refractivity contribution is 6.13. The number of imide groups is 1. The van der Waals surface area contributed by atoms with E-state index in [2.05, 4.69) is 5.32 Å². The first kappa shape index (κ1) is 57.2. The zero-order valence-corrected chi connectivity index (χ0v) is 47.2. The van der Waals surface area contributed by atoms with E-state index in [9.17, 15) is 33.6 Å². The molecule has 432 valence electrons. The number of hydrogen-bond acceptors (Lipinski definition) is 14. The molecule has 0 saturated carbocycles. The van der Waals surface area contributed by atoms with E-state index in [0.29, 0.717) is 122 Å². The van der Waals surface area contributed by atoms with Gasteiger partial charge >= 0.3 is 0 Å². The van der Waals surface area contributed by atoms with E-state index < -0.39 is 6.04 Å². The van der Waals surface area contributed by atoms with Crippen LogP contribution in [-0.2, 0) is 24.0 Å². The van der Waals surface area contributed by atoms with E-state index in [1.807, 2.05) is 55.7 Å². The number of fused-ring (bicyclic) bond motifs is 4. The lowest BCUT2D eigenvalue weighted by atomic mass is 10.0. The summed E-state index contributed by atoms with van der Waals surface area (Å²) in [4.78, 5) is 110. The minimum Gasteiger partial charge on any atom is -0.497 e. The van der Waals surface area contributed by atoms with Crippen LogP contribution in [0.5, 0.6) is 28.7 Å². The summed E-state index contributed by atoms with van der Waals surface area (Å²) in [6, 6.07) is 20.6. The summed E-state index contributed by atoms with van der Waals surface area (Å²) in [7, 11) is 4.66. The summed E-state index contributed by atoms with van der Waals surface area (Å²) < 4.78 is 29.0. The molecule has 0 bridgehead atoms. The Morgan fingerprint density at radius 3 is 1.77 bits per heavy atom. The molecule has 20 nitrogen and oxygen atoms in total. The number of nitrogens with zero attached hydrogens (tertiary/aromatic N) is 7. The first-order valence-electron chi connectivity index (χ1n) is 28.4. The molecule has 0 radical (unpaired) electrons. The van der Waals surface area contributed by atoms with Crippen molar-refractivity contribution in [2.45, 2.75) is 95.7 Å². The molecule has 4 aromatic rings. The van der Waals surface area contributed by atoms with Gasteiger partial charge in [-0.05, 0) is 90.8 Å². The van der Waals surface area contributed by atoms with Crippen LogP contribution in [0.15, 0.2) is 107 Å². The number of methoxy groups -OCH3 is 3. The number of unbranched alkanes of at least 4 members (excludes halogenated alkanes) is 3. The largest absolute Gasteiger partial charge is 0.497 e. The van der Waals surface area contributed by atoms with E-state index in [1.54, 1.807) is 75.5 Å². The molecule has 20 heteroatoms. The van der Waals surface area contributed by atoms with Crippen molar-refractivity contribution in [1.29, 1.82) is 0 Å². The number of amides is 7. The quantitative estimate of drug-likeness (QED) is 0.0516. The fourth-order valence-corrected chi connectivity index (χ4v) is 11.1. The van der Waals surface area contributed by atoms with Gasteiger partial charge in [-0.3, -0.25) is 48.4 Å². The number of likely N-dealkylation sites (tertiary alicyclic amines) is 1. The molecule has 1 N–H and O–H groups in total. The highest BCUT2D eigenvalue weighted by Crippen LogP contribution is 2.42. The fourth-order valence-electron chi connectivity index (χ4n) is 11.1. The van der Waals surface area contributed by atoms with Crippen molar-refractivity contribution in [1.82, 2.24) is 24.5 Å². The number of anilines is 1. The van der Waals surface area contributed by atoms with Gasteiger partial charge in [0.2, 0.25) is 17.7 Å². The maximum absolute atomic E-state index is 14.2. The first-order valence-corrected chi connectivity index (χ1v) is 28.4. The molecular formula is C63H68N8O12. The van der Waals surface area contributed by atoms with E-state index in [0.717, 1.165) is 40.9 Å². The molecule has 10 rings (SSSR count). The van der Waals surface area contributed by atoms with Crippen LogP contribution in [0, 0.1) is 0 Å². The molecule has 6 aliphatic rings. The Morgan fingerprint density at radius 2 is 1.23 bits per heavy atom. The average molecular weight is 1130 g/mol. The highest BCUT2D eigenvalue weighted by Gasteiger charge is 2.38. The van der Waals surface area contributed by atoms with Crippen molar-refractivity contribution in [3.8, 4) is 28.7 Å². The second-order valence-corrected chi connectivity index (χ2v) is 21.1. The van der Waals surface area contributed by atoms with Crippen molar-refractivity contribution in [2.24, 2.45) is 9.98 Å². The standard InChI is InChI=1S/C63H68N8O12/c1-5-6-24-67(57(72)13-8-7-9-25-69-58(73)22-23-59(69)74)39-60(75)68-26-10-12-52(68)61(76)66-44-18-14-40(15-19-44)42-29-45-35-64-50-33-55(53(80-3)31-48(50)62(77)70(45)37-42)82-27-11-28-83-56-34-51-49(32-54(56)81-4)63(78)71-38-43(30-46(71)36-65-51)41-16-20-47(79-2)21-17-41/h14-23,31-38,45-46,52H,5-13,24-30,39H2,1-4H3,(H,66,76)/t45-,46-,52-/m0/s1. The van der Waals surface area contributed by atoms with Gasteiger partial charge in [0, 0.05) is 100 Å². The molecule has 0 unspecified atom stereocenters. The number of hydrogen-bond donors (Lipinski definition) is 1. The Morgan fingerprint density at radius 1 is 0.663 bits per heavy atom. The fraction of sp³-hybridized carbons (Fsp3) is 0.381. The first-order chi connectivity index (χ1) is 40.3. The summed E-state index contributed by atoms with van der Waals surface area (Å²) in [6.45, 7) is 3.56. The number of rotatable bonds is 24. The number of carbonyl (C=O) groups excluding carboxylic acids is 7. The van der Waals surface area contributed by atoms with Crippen LogP contribution in [0.4, 0.5) is 17.1 Å². The molecule has 6 heterocycles. The van der Waals surface area contributed by atoms with Crippen molar-refractivity contribution >= 4 is 82.0 Å². The van der Waals surface area contributed by atoms with Crippen LogP contribution in [0.2, 0.25) is 0 Å². The Balaban J connectivity index is 0.700. The van der Waals surface area contributed by atoms with Gasteiger partial charge in [-0.1, -0.05) is 44.0 Å². The van der Waals surface area contributed by atoms with Crippen LogP contribution in [0.3, 0.4) is 0 Å². The second-order valence-electron chi connectivity index (χ2n) is 21.1. The van der Waals surface area contributed by atoms with Crippen molar-refractivity contribution in [3.05, 3.63) is 120 Å². The third kappa shape index (κ3) is 12.7. The lowest BCUT2D eigenvalue weighted by molar-refractivity contribution is -0.142. The normalized spacial score (nSPS) is 18.5. The number of ether oxygens (including phenoxy) is 5. The van der Waals surface area contributed by atoms with Crippen LogP contribution in [0.25, 0.3) is 11.1 Å². The molecule has 6 aliphatic heterocycles. The van der Waals surface area contributed by atoms with Gasteiger partial charge in [0.1, 0.15) is 11.8 Å². The molecule has 1 saturated heterocycles. The number of nitrogens with one attached hydrogen (secondary N) is 1. The van der Waals surface area contributed by atoms with Crippen molar-refractivity contribution in [2.75, 3.05) is 66.0 Å². The predicted octanol–water partition coefficient (Wildman–Crippen LogP) is 8.55. The van der Waals surface area contributed by atoms with Gasteiger partial charge in [0.05, 0.1) is 75.7 Å². The number of benzene rings is 4. The Labute approximate surface area is 482 Å². The minimum absolute atomic E-state index is 0.113. The van der Waals surface area contributed by atoms with Gasteiger partial charge in [0.25, 0.3) is 23.6 Å². The van der Waals surface area contributed by atoms with E-state index in [1.165, 1.54) is 31.3 Å². The lowest BCUT2D eigenvalue weighted by Crippen LogP contribution is -2.48. The molecule has 0 spiro atoms. The maximum Gasteiger partial charge on any atom is 0.260 e. The Bertz CT molecular complexity index is 3310. The summed E-state index contributed by atoms with van der Waals surface area (Å²) in [5.74, 6) is 0.606. The Hall–Kier alpha value is -9.07. The van der Waals surface area contributed by atoms with Gasteiger partial charge in [-0.25, -0.2) is 0 Å². The number of aliphatic imine (C=N–C) groups is 2.